The Hall–Kier alpha value is -3.02. The van der Waals surface area contributed by atoms with Crippen molar-refractivity contribution in [2.24, 2.45) is 0 Å². The maximum Gasteiger partial charge on any atom is 0.252 e. The van der Waals surface area contributed by atoms with Crippen LogP contribution in [0.2, 0.25) is 0 Å². The highest BCUT2D eigenvalue weighted by Crippen LogP contribution is 2.29. The molecular formula is C21H26N2O4. The van der Waals surface area contributed by atoms with Crippen LogP contribution >= 0.6 is 0 Å². The lowest BCUT2D eigenvalue weighted by Gasteiger charge is -2.17. The summed E-state index contributed by atoms with van der Waals surface area (Å²) in [6.45, 7) is 5.58. The van der Waals surface area contributed by atoms with Crippen molar-refractivity contribution in [1.82, 2.24) is 5.32 Å². The summed E-state index contributed by atoms with van der Waals surface area (Å²) < 4.78 is 10.7. The molecule has 0 radical (unpaired) electrons. The third-order valence-corrected chi connectivity index (χ3v) is 4.38. The van der Waals surface area contributed by atoms with Crippen LogP contribution in [0.3, 0.4) is 0 Å². The average Bonchev–Trinajstić information content (AvgIpc) is 2.68. The first-order chi connectivity index (χ1) is 12.9. The van der Waals surface area contributed by atoms with Crippen LogP contribution in [0.15, 0.2) is 36.4 Å². The van der Waals surface area contributed by atoms with Crippen molar-refractivity contribution < 1.29 is 19.1 Å². The molecule has 1 atom stereocenters. The molecule has 2 rings (SSSR count). The van der Waals surface area contributed by atoms with Gasteiger partial charge in [0.2, 0.25) is 5.91 Å². The van der Waals surface area contributed by atoms with Crippen LogP contribution in [0.5, 0.6) is 11.5 Å². The number of anilines is 1. The summed E-state index contributed by atoms with van der Waals surface area (Å²) in [4.78, 5) is 24.1. The third kappa shape index (κ3) is 5.00. The van der Waals surface area contributed by atoms with E-state index in [-0.39, 0.29) is 17.9 Å². The topological polar surface area (TPSA) is 76.7 Å². The minimum atomic E-state index is -0.220. The molecule has 0 spiro atoms. The number of methoxy groups -OCH3 is 2. The number of ether oxygens (including phenoxy) is 2. The van der Waals surface area contributed by atoms with E-state index >= 15 is 0 Å². The van der Waals surface area contributed by atoms with Gasteiger partial charge in [-0.2, -0.15) is 0 Å². The number of hydrogen-bond acceptors (Lipinski definition) is 4. The molecule has 2 aromatic carbocycles. The summed E-state index contributed by atoms with van der Waals surface area (Å²) in [5, 5.41) is 5.77. The van der Waals surface area contributed by atoms with Gasteiger partial charge in [0.1, 0.15) is 11.5 Å². The molecule has 0 aliphatic rings. The second-order valence-corrected chi connectivity index (χ2v) is 6.22. The molecule has 6 heteroatoms. The van der Waals surface area contributed by atoms with E-state index in [2.05, 4.69) is 10.6 Å². The Kier molecular flexibility index (Phi) is 6.82. The summed E-state index contributed by atoms with van der Waals surface area (Å²) in [5.74, 6) is 0.945. The molecule has 6 nitrogen and oxygen atoms in total. The smallest absolute Gasteiger partial charge is 0.252 e. The summed E-state index contributed by atoms with van der Waals surface area (Å²) in [5.41, 5.74) is 2.98. The zero-order chi connectivity index (χ0) is 20.0. The van der Waals surface area contributed by atoms with E-state index < -0.39 is 0 Å². The zero-order valence-corrected chi connectivity index (χ0v) is 16.4. The molecule has 0 saturated heterocycles. The fraction of sp³-hybridized carbons (Fsp3) is 0.333. The van der Waals surface area contributed by atoms with Crippen LogP contribution < -0.4 is 20.1 Å². The first-order valence-corrected chi connectivity index (χ1v) is 8.82. The monoisotopic (exact) mass is 370 g/mol. The molecule has 2 amide bonds. The van der Waals surface area contributed by atoms with Crippen molar-refractivity contribution in [2.75, 3.05) is 19.5 Å². The predicted molar refractivity (Wildman–Crippen MR) is 106 cm³/mol. The van der Waals surface area contributed by atoms with E-state index in [1.807, 2.05) is 38.1 Å². The van der Waals surface area contributed by atoms with Crippen LogP contribution in [-0.2, 0) is 4.79 Å². The van der Waals surface area contributed by atoms with Gasteiger partial charge in [0, 0.05) is 23.2 Å². The molecule has 0 saturated carbocycles. The lowest BCUT2D eigenvalue weighted by Crippen LogP contribution is -2.26. The molecule has 0 aromatic heterocycles. The molecule has 0 aliphatic carbocycles. The van der Waals surface area contributed by atoms with Crippen LogP contribution in [-0.4, -0.2) is 26.0 Å². The Morgan fingerprint density at radius 2 is 1.59 bits per heavy atom. The van der Waals surface area contributed by atoms with Gasteiger partial charge < -0.3 is 20.1 Å². The van der Waals surface area contributed by atoms with Gasteiger partial charge in [-0.3, -0.25) is 9.59 Å². The second kappa shape index (κ2) is 9.07. The van der Waals surface area contributed by atoms with Crippen molar-refractivity contribution in [3.8, 4) is 11.5 Å². The molecule has 0 aliphatic heterocycles. The second-order valence-electron chi connectivity index (χ2n) is 6.22. The zero-order valence-electron chi connectivity index (χ0n) is 16.4. The molecule has 0 bridgehead atoms. The van der Waals surface area contributed by atoms with E-state index in [0.717, 1.165) is 16.8 Å². The van der Waals surface area contributed by atoms with Gasteiger partial charge in [0.25, 0.3) is 5.91 Å². The molecule has 0 heterocycles. The fourth-order valence-electron chi connectivity index (χ4n) is 2.69. The van der Waals surface area contributed by atoms with Gasteiger partial charge in [-0.05, 0) is 43.7 Å². The van der Waals surface area contributed by atoms with Crippen molar-refractivity contribution in [2.45, 2.75) is 33.2 Å². The SMILES string of the molecule is CCC(=O)Nc1ccc(C(C)NC(=O)c2cc(OC)c(C)c(OC)c2)cc1. The predicted octanol–water partition coefficient (Wildman–Crippen LogP) is 3.85. The van der Waals surface area contributed by atoms with E-state index in [9.17, 15) is 9.59 Å². The molecule has 1 unspecified atom stereocenters. The normalized spacial score (nSPS) is 11.4. The number of rotatable bonds is 7. The minimum absolute atomic E-state index is 0.0358. The summed E-state index contributed by atoms with van der Waals surface area (Å²) in [6.07, 6.45) is 0.428. The highest BCUT2D eigenvalue weighted by molar-refractivity contribution is 5.95. The van der Waals surface area contributed by atoms with Gasteiger partial charge in [-0.15, -0.1) is 0 Å². The summed E-state index contributed by atoms with van der Waals surface area (Å²) in [6, 6.07) is 10.6. The Labute approximate surface area is 159 Å². The minimum Gasteiger partial charge on any atom is -0.496 e. The first-order valence-electron chi connectivity index (χ1n) is 8.82. The van der Waals surface area contributed by atoms with Crippen molar-refractivity contribution in [3.63, 3.8) is 0 Å². The van der Waals surface area contributed by atoms with Crippen LogP contribution in [0.1, 0.15) is 47.8 Å². The maximum absolute atomic E-state index is 12.6. The number of hydrogen-bond donors (Lipinski definition) is 2. The standard InChI is InChI=1S/C21H26N2O4/c1-6-20(24)23-17-9-7-15(8-10-17)14(3)22-21(25)16-11-18(26-4)13(2)19(12-16)27-5/h7-12,14H,6H2,1-5H3,(H,22,25)(H,23,24). The fourth-order valence-corrected chi connectivity index (χ4v) is 2.69. The molecule has 144 valence electrons. The van der Waals surface area contributed by atoms with Gasteiger partial charge in [-0.1, -0.05) is 19.1 Å². The van der Waals surface area contributed by atoms with E-state index in [1.165, 1.54) is 0 Å². The number of nitrogens with one attached hydrogen (secondary N) is 2. The Morgan fingerprint density at radius 1 is 1.04 bits per heavy atom. The molecule has 2 N–H and O–H groups in total. The number of amides is 2. The number of benzene rings is 2. The first kappa shape index (κ1) is 20.3. The van der Waals surface area contributed by atoms with Gasteiger partial charge >= 0.3 is 0 Å². The van der Waals surface area contributed by atoms with Crippen molar-refractivity contribution in [3.05, 3.63) is 53.1 Å². The Bertz CT molecular complexity index is 790. The van der Waals surface area contributed by atoms with Gasteiger partial charge in [0.15, 0.2) is 0 Å². The van der Waals surface area contributed by atoms with Crippen molar-refractivity contribution >= 4 is 17.5 Å². The largest absolute Gasteiger partial charge is 0.496 e. The van der Waals surface area contributed by atoms with Crippen LogP contribution in [0, 0.1) is 6.92 Å². The van der Waals surface area contributed by atoms with Crippen LogP contribution in [0.4, 0.5) is 5.69 Å². The summed E-state index contributed by atoms with van der Waals surface area (Å²) in [7, 11) is 3.12. The van der Waals surface area contributed by atoms with Crippen molar-refractivity contribution in [1.29, 1.82) is 0 Å². The third-order valence-electron chi connectivity index (χ3n) is 4.38. The molecule has 27 heavy (non-hydrogen) atoms. The quantitative estimate of drug-likeness (QED) is 0.776. The van der Waals surface area contributed by atoms with E-state index in [1.54, 1.807) is 33.3 Å². The van der Waals surface area contributed by atoms with Gasteiger partial charge in [0.05, 0.1) is 20.3 Å². The molecular weight excluding hydrogens is 344 g/mol. The highest BCUT2D eigenvalue weighted by atomic mass is 16.5. The average molecular weight is 370 g/mol. The lowest BCUT2D eigenvalue weighted by atomic mass is 10.1. The summed E-state index contributed by atoms with van der Waals surface area (Å²) >= 11 is 0. The Morgan fingerprint density at radius 3 is 2.07 bits per heavy atom. The maximum atomic E-state index is 12.6. The lowest BCUT2D eigenvalue weighted by molar-refractivity contribution is -0.115. The number of carbonyl (C=O) groups excluding carboxylic acids is 2. The van der Waals surface area contributed by atoms with E-state index in [0.29, 0.717) is 23.5 Å². The van der Waals surface area contributed by atoms with E-state index in [4.69, 9.17) is 9.47 Å². The highest BCUT2D eigenvalue weighted by Gasteiger charge is 2.16. The number of carbonyl (C=O) groups is 2. The Balaban J connectivity index is 2.12. The molecule has 2 aromatic rings. The molecule has 0 fully saturated rings. The van der Waals surface area contributed by atoms with Crippen LogP contribution in [0.25, 0.3) is 0 Å². The van der Waals surface area contributed by atoms with Gasteiger partial charge in [-0.25, -0.2) is 0 Å².